The Balaban J connectivity index is 0.00000308. The topological polar surface area (TPSA) is 73.5 Å². The van der Waals surface area contributed by atoms with Gasteiger partial charge >= 0.3 is 11.9 Å². The summed E-state index contributed by atoms with van der Waals surface area (Å²) in [5.74, 6) is 1.61. The number of hydrogen-bond donors (Lipinski definition) is 0. The summed E-state index contributed by atoms with van der Waals surface area (Å²) < 4.78 is 7.80. The number of aryl methyl sites for hydroxylation is 4. The molecule has 0 atom stereocenters. The summed E-state index contributed by atoms with van der Waals surface area (Å²) >= 11 is 0. The van der Waals surface area contributed by atoms with Crippen LogP contribution in [-0.2, 0) is 28.2 Å². The standard InChI is InChI=1S/C30H42N10.2CH4/c1-7-39(27-15-11-25(12-16-27)31-33-29-35(3)21-22-36(29)4)19-9-10-20-40(8-2)28-17-13-26(14-18-28)32-34-30-37(5)23-24-38(30)6;;/h11-18,21-24H,7-10,19-20H2,1-6H3;2*1H4/q+2;;. The number of unbranched alkanes of at least 4 members (excludes halogenated alkanes) is 1. The second kappa shape index (κ2) is 16.2. The lowest BCUT2D eigenvalue weighted by Gasteiger charge is -2.26. The van der Waals surface area contributed by atoms with Crippen molar-refractivity contribution >= 4 is 34.6 Å². The fourth-order valence-corrected chi connectivity index (χ4v) is 4.66. The lowest BCUT2D eigenvalue weighted by Crippen LogP contribution is -2.27. The Hall–Kier alpha value is -4.34. The molecule has 0 bridgehead atoms. The van der Waals surface area contributed by atoms with Crippen LogP contribution in [0.1, 0.15) is 41.5 Å². The summed E-state index contributed by atoms with van der Waals surface area (Å²) in [5, 5.41) is 17.6. The van der Waals surface area contributed by atoms with Crippen molar-refractivity contribution in [1.82, 2.24) is 9.13 Å². The van der Waals surface area contributed by atoms with Crippen LogP contribution in [0.4, 0.5) is 34.6 Å². The van der Waals surface area contributed by atoms with Gasteiger partial charge in [-0.3, -0.25) is 0 Å². The van der Waals surface area contributed by atoms with Gasteiger partial charge in [-0.15, -0.1) is 0 Å². The van der Waals surface area contributed by atoms with Gasteiger partial charge in [0.05, 0.1) is 53.0 Å². The summed E-state index contributed by atoms with van der Waals surface area (Å²) in [6.45, 7) is 8.38. The number of hydrogen-bond acceptors (Lipinski definition) is 6. The van der Waals surface area contributed by atoms with E-state index >= 15 is 0 Å². The molecule has 2 aromatic carbocycles. The smallest absolute Gasteiger partial charge is 0.372 e. The van der Waals surface area contributed by atoms with Gasteiger partial charge < -0.3 is 9.80 Å². The van der Waals surface area contributed by atoms with E-state index in [1.807, 2.05) is 95.5 Å². The highest BCUT2D eigenvalue weighted by Crippen LogP contribution is 2.23. The van der Waals surface area contributed by atoms with Crippen molar-refractivity contribution in [3.05, 3.63) is 73.3 Å². The van der Waals surface area contributed by atoms with Crippen molar-refractivity contribution in [1.29, 1.82) is 0 Å². The third-order valence-corrected chi connectivity index (χ3v) is 7.10. The Bertz CT molecular complexity index is 1270. The van der Waals surface area contributed by atoms with E-state index in [0.717, 1.165) is 62.3 Å². The summed E-state index contributed by atoms with van der Waals surface area (Å²) in [6, 6.07) is 16.7. The second-order valence-corrected chi connectivity index (χ2v) is 9.94. The Morgan fingerprint density at radius 1 is 0.595 bits per heavy atom. The van der Waals surface area contributed by atoms with Crippen molar-refractivity contribution < 1.29 is 9.13 Å². The molecule has 4 rings (SSSR count). The van der Waals surface area contributed by atoms with Gasteiger partial charge in [-0.25, -0.2) is 18.3 Å². The van der Waals surface area contributed by atoms with Crippen LogP contribution in [0.5, 0.6) is 0 Å². The lowest BCUT2D eigenvalue weighted by atomic mass is 10.2. The molecule has 0 unspecified atom stereocenters. The van der Waals surface area contributed by atoms with Crippen LogP contribution in [0, 0.1) is 0 Å². The highest BCUT2D eigenvalue weighted by Gasteiger charge is 2.12. The maximum absolute atomic E-state index is 4.41. The molecule has 0 N–H and O–H groups in total. The molecule has 0 fully saturated rings. The predicted octanol–water partition coefficient (Wildman–Crippen LogP) is 7.25. The van der Waals surface area contributed by atoms with Crippen LogP contribution >= 0.6 is 0 Å². The summed E-state index contributed by atoms with van der Waals surface area (Å²) in [5.41, 5.74) is 4.13. The summed E-state index contributed by atoms with van der Waals surface area (Å²) in [6.07, 6.45) is 10.1. The first kappa shape index (κ1) is 33.9. The van der Waals surface area contributed by atoms with E-state index in [-0.39, 0.29) is 14.9 Å². The van der Waals surface area contributed by atoms with Crippen LogP contribution in [0.3, 0.4) is 0 Å². The van der Waals surface area contributed by atoms with E-state index in [4.69, 9.17) is 0 Å². The quantitative estimate of drug-likeness (QED) is 0.0958. The summed E-state index contributed by atoms with van der Waals surface area (Å²) in [4.78, 5) is 4.84. The molecular weight excluding hydrogens is 524 g/mol. The van der Waals surface area contributed by atoms with Crippen LogP contribution in [0.25, 0.3) is 0 Å². The number of aromatic nitrogens is 4. The molecule has 10 nitrogen and oxygen atoms in total. The third-order valence-electron chi connectivity index (χ3n) is 7.10. The van der Waals surface area contributed by atoms with E-state index in [1.165, 1.54) is 11.4 Å². The minimum atomic E-state index is 0. The molecule has 0 amide bonds. The Morgan fingerprint density at radius 3 is 1.24 bits per heavy atom. The van der Waals surface area contributed by atoms with E-state index < -0.39 is 0 Å². The largest absolute Gasteiger partial charge is 0.421 e. The number of anilines is 2. The molecule has 226 valence electrons. The number of benzene rings is 2. The SMILES string of the molecule is C.C.CCN(CCCCN(CC)c1ccc(N=Nc2n(C)cc[n+]2C)cc1)c1ccc(N=Nc2n(C)cc[n+]2C)cc1. The van der Waals surface area contributed by atoms with Gasteiger partial charge in [-0.05, 0) is 75.2 Å². The second-order valence-electron chi connectivity index (χ2n) is 9.94. The van der Waals surface area contributed by atoms with Gasteiger partial charge in [0, 0.05) is 47.8 Å². The molecule has 0 aliphatic heterocycles. The van der Waals surface area contributed by atoms with Crippen LogP contribution in [0.15, 0.2) is 93.8 Å². The maximum Gasteiger partial charge on any atom is 0.421 e. The molecule has 10 heteroatoms. The van der Waals surface area contributed by atoms with Crippen molar-refractivity contribution in [2.75, 3.05) is 36.0 Å². The average Bonchev–Trinajstić information content (AvgIpc) is 3.47. The van der Waals surface area contributed by atoms with E-state index in [9.17, 15) is 0 Å². The normalized spacial score (nSPS) is 11.1. The number of imidazole rings is 2. The van der Waals surface area contributed by atoms with E-state index in [2.05, 4.69) is 68.4 Å². The Kier molecular flexibility index (Phi) is 13.1. The zero-order chi connectivity index (χ0) is 28.5. The minimum Gasteiger partial charge on any atom is -0.372 e. The molecule has 2 aromatic heterocycles. The average molecular weight is 575 g/mol. The highest BCUT2D eigenvalue weighted by atomic mass is 15.3. The third kappa shape index (κ3) is 8.58. The zero-order valence-electron chi connectivity index (χ0n) is 24.6. The first-order valence-electron chi connectivity index (χ1n) is 13.9. The Morgan fingerprint density at radius 2 is 0.952 bits per heavy atom. The first-order chi connectivity index (χ1) is 19.4. The van der Waals surface area contributed by atoms with Crippen LogP contribution in [0.2, 0.25) is 0 Å². The zero-order valence-corrected chi connectivity index (χ0v) is 24.6. The number of rotatable bonds is 13. The molecule has 0 aliphatic carbocycles. The molecule has 42 heavy (non-hydrogen) atoms. The minimum absolute atomic E-state index is 0. The van der Waals surface area contributed by atoms with Gasteiger partial charge in [0.2, 0.25) is 0 Å². The highest BCUT2D eigenvalue weighted by molar-refractivity contribution is 5.53. The number of nitrogens with zero attached hydrogens (tertiary/aromatic N) is 10. The predicted molar refractivity (Wildman–Crippen MR) is 173 cm³/mol. The lowest BCUT2D eigenvalue weighted by molar-refractivity contribution is -0.657. The van der Waals surface area contributed by atoms with E-state index in [0.29, 0.717) is 0 Å². The van der Waals surface area contributed by atoms with Crippen LogP contribution in [-0.4, -0.2) is 35.3 Å². The van der Waals surface area contributed by atoms with Crippen molar-refractivity contribution in [2.45, 2.75) is 41.5 Å². The summed E-state index contributed by atoms with van der Waals surface area (Å²) in [7, 11) is 7.86. The maximum atomic E-state index is 4.41. The van der Waals surface area contributed by atoms with Crippen molar-refractivity contribution in [3.63, 3.8) is 0 Å². The van der Waals surface area contributed by atoms with Gasteiger partial charge in [0.1, 0.15) is 11.4 Å². The molecule has 0 saturated heterocycles. The van der Waals surface area contributed by atoms with Crippen molar-refractivity contribution in [3.8, 4) is 0 Å². The monoisotopic (exact) mass is 574 g/mol. The molecule has 2 heterocycles. The fraction of sp³-hybridized carbons (Fsp3) is 0.438. The van der Waals surface area contributed by atoms with Crippen LogP contribution < -0.4 is 18.9 Å². The molecule has 0 aliphatic rings. The van der Waals surface area contributed by atoms with Gasteiger partial charge in [-0.2, -0.15) is 0 Å². The molecule has 0 radical (unpaired) electrons. The fourth-order valence-electron chi connectivity index (χ4n) is 4.66. The molecule has 4 aromatic rings. The van der Waals surface area contributed by atoms with Gasteiger partial charge in [-0.1, -0.05) is 25.1 Å². The number of azo groups is 2. The molecular formula is C32H50N10+2. The molecule has 0 spiro atoms. The van der Waals surface area contributed by atoms with Crippen molar-refractivity contribution in [2.24, 2.45) is 48.6 Å². The molecule has 0 saturated carbocycles. The van der Waals surface area contributed by atoms with E-state index in [1.54, 1.807) is 0 Å². The van der Waals surface area contributed by atoms with Gasteiger partial charge in [0.15, 0.2) is 0 Å². The van der Waals surface area contributed by atoms with Gasteiger partial charge in [0.25, 0.3) is 0 Å². The first-order valence-corrected chi connectivity index (χ1v) is 13.9. The Labute approximate surface area is 252 Å².